The third kappa shape index (κ3) is 3.85. The lowest BCUT2D eigenvalue weighted by Crippen LogP contribution is -2.57. The third-order valence-corrected chi connectivity index (χ3v) is 5.05. The van der Waals surface area contributed by atoms with E-state index in [1.807, 2.05) is 23.1 Å². The van der Waals surface area contributed by atoms with E-state index >= 15 is 0 Å². The first kappa shape index (κ1) is 16.3. The Morgan fingerprint density at radius 2 is 2.04 bits per heavy atom. The molecule has 0 saturated carbocycles. The molecule has 0 bridgehead atoms. The molecule has 3 rings (SSSR count). The fraction of sp³-hybridized carbons (Fsp3) is 0.611. The van der Waals surface area contributed by atoms with Gasteiger partial charge in [-0.1, -0.05) is 30.3 Å². The largest absolute Gasteiger partial charge is 0.390 e. The summed E-state index contributed by atoms with van der Waals surface area (Å²) in [4.78, 5) is 14.1. The number of carbonyl (C=O) groups excluding carboxylic acids is 1. The minimum absolute atomic E-state index is 0.0129. The van der Waals surface area contributed by atoms with E-state index in [9.17, 15) is 9.90 Å². The first-order valence-electron chi connectivity index (χ1n) is 8.58. The Bertz CT molecular complexity index is 512. The standard InChI is InChI=1S/C18H26N2O3/c21-16-7-4-14-23-18(16)9-12-20(13-10-18)17(22)19-11-8-15-5-2-1-3-6-15/h1-3,5-6,16,21H,4,7-14H2,(H,19,22). The number of amides is 2. The molecular formula is C18H26N2O3. The number of benzene rings is 1. The Morgan fingerprint density at radius 3 is 2.74 bits per heavy atom. The number of aliphatic hydroxyl groups excluding tert-OH is 1. The molecule has 1 aromatic rings. The van der Waals surface area contributed by atoms with E-state index in [1.54, 1.807) is 0 Å². The summed E-state index contributed by atoms with van der Waals surface area (Å²) < 4.78 is 5.88. The first-order chi connectivity index (χ1) is 11.2. The van der Waals surface area contributed by atoms with Gasteiger partial charge in [0.1, 0.15) is 0 Å². The lowest BCUT2D eigenvalue weighted by atomic mass is 9.82. The van der Waals surface area contributed by atoms with Crippen LogP contribution in [-0.2, 0) is 11.2 Å². The molecule has 2 N–H and O–H groups in total. The second kappa shape index (κ2) is 7.32. The van der Waals surface area contributed by atoms with Gasteiger partial charge in [0, 0.05) is 26.2 Å². The van der Waals surface area contributed by atoms with Crippen LogP contribution in [0.25, 0.3) is 0 Å². The summed E-state index contributed by atoms with van der Waals surface area (Å²) in [5.41, 5.74) is 0.808. The average molecular weight is 318 g/mol. The monoisotopic (exact) mass is 318 g/mol. The van der Waals surface area contributed by atoms with Crippen LogP contribution in [0.5, 0.6) is 0 Å². The summed E-state index contributed by atoms with van der Waals surface area (Å²) in [6, 6.07) is 10.1. The van der Waals surface area contributed by atoms with E-state index in [0.29, 0.717) is 19.6 Å². The molecule has 2 saturated heterocycles. The number of hydrogen-bond donors (Lipinski definition) is 2. The van der Waals surface area contributed by atoms with E-state index in [2.05, 4.69) is 17.4 Å². The Kier molecular flexibility index (Phi) is 5.18. The molecule has 1 unspecified atom stereocenters. The average Bonchev–Trinajstić information content (AvgIpc) is 2.59. The number of carbonyl (C=O) groups is 1. The van der Waals surface area contributed by atoms with Crippen LogP contribution in [0.3, 0.4) is 0 Å². The van der Waals surface area contributed by atoms with Gasteiger partial charge in [0.25, 0.3) is 0 Å². The van der Waals surface area contributed by atoms with Crippen molar-refractivity contribution < 1.29 is 14.6 Å². The highest BCUT2D eigenvalue weighted by atomic mass is 16.5. The van der Waals surface area contributed by atoms with Gasteiger partial charge in [0.2, 0.25) is 0 Å². The molecule has 1 aromatic carbocycles. The van der Waals surface area contributed by atoms with Crippen LogP contribution in [0.1, 0.15) is 31.2 Å². The number of urea groups is 1. The number of hydrogen-bond acceptors (Lipinski definition) is 3. The summed E-state index contributed by atoms with van der Waals surface area (Å²) in [5.74, 6) is 0. The Labute approximate surface area is 137 Å². The summed E-state index contributed by atoms with van der Waals surface area (Å²) in [5, 5.41) is 13.2. The number of likely N-dealkylation sites (tertiary alicyclic amines) is 1. The van der Waals surface area contributed by atoms with E-state index in [4.69, 9.17) is 4.74 Å². The van der Waals surface area contributed by atoms with Crippen LogP contribution in [0.15, 0.2) is 30.3 Å². The molecule has 2 aliphatic heterocycles. The van der Waals surface area contributed by atoms with E-state index in [-0.39, 0.29) is 12.1 Å². The minimum atomic E-state index is -0.418. The topological polar surface area (TPSA) is 61.8 Å². The molecule has 2 fully saturated rings. The van der Waals surface area contributed by atoms with Gasteiger partial charge in [0.15, 0.2) is 0 Å². The summed E-state index contributed by atoms with van der Waals surface area (Å²) in [6.07, 6.45) is 3.63. The number of nitrogens with one attached hydrogen (secondary N) is 1. The van der Waals surface area contributed by atoms with Crippen molar-refractivity contribution in [1.82, 2.24) is 10.2 Å². The molecule has 0 aromatic heterocycles. The van der Waals surface area contributed by atoms with E-state index in [0.717, 1.165) is 38.7 Å². The van der Waals surface area contributed by atoms with Gasteiger partial charge in [-0.3, -0.25) is 0 Å². The fourth-order valence-electron chi connectivity index (χ4n) is 3.55. The number of nitrogens with zero attached hydrogens (tertiary/aromatic N) is 1. The van der Waals surface area contributed by atoms with Crippen molar-refractivity contribution in [2.24, 2.45) is 0 Å². The smallest absolute Gasteiger partial charge is 0.317 e. The maximum absolute atomic E-state index is 12.3. The van der Waals surface area contributed by atoms with Gasteiger partial charge in [-0.05, 0) is 37.7 Å². The van der Waals surface area contributed by atoms with Crippen LogP contribution >= 0.6 is 0 Å². The van der Waals surface area contributed by atoms with E-state index < -0.39 is 5.60 Å². The van der Waals surface area contributed by atoms with Gasteiger partial charge in [0.05, 0.1) is 11.7 Å². The van der Waals surface area contributed by atoms with Gasteiger partial charge in [-0.2, -0.15) is 0 Å². The summed E-state index contributed by atoms with van der Waals surface area (Å²) in [7, 11) is 0. The molecule has 1 spiro atoms. The zero-order chi connectivity index (χ0) is 16.1. The van der Waals surface area contributed by atoms with Crippen molar-refractivity contribution in [2.45, 2.75) is 43.8 Å². The molecule has 2 heterocycles. The van der Waals surface area contributed by atoms with Crippen LogP contribution in [0.2, 0.25) is 0 Å². The number of piperidine rings is 1. The molecule has 1 atom stereocenters. The van der Waals surface area contributed by atoms with Gasteiger partial charge in [-0.25, -0.2) is 4.79 Å². The molecule has 2 amide bonds. The van der Waals surface area contributed by atoms with Crippen LogP contribution < -0.4 is 5.32 Å². The summed E-state index contributed by atoms with van der Waals surface area (Å²) >= 11 is 0. The Balaban J connectivity index is 1.43. The highest BCUT2D eigenvalue weighted by molar-refractivity contribution is 5.74. The lowest BCUT2D eigenvalue weighted by Gasteiger charge is -2.46. The molecule has 5 nitrogen and oxygen atoms in total. The normalized spacial score (nSPS) is 23.7. The lowest BCUT2D eigenvalue weighted by molar-refractivity contribution is -0.173. The van der Waals surface area contributed by atoms with Gasteiger partial charge < -0.3 is 20.1 Å². The van der Waals surface area contributed by atoms with Gasteiger partial charge in [-0.15, -0.1) is 0 Å². The number of rotatable bonds is 3. The number of aliphatic hydroxyl groups is 1. The van der Waals surface area contributed by atoms with Crippen LogP contribution in [0.4, 0.5) is 4.79 Å². The zero-order valence-electron chi connectivity index (χ0n) is 13.5. The van der Waals surface area contributed by atoms with E-state index in [1.165, 1.54) is 5.56 Å². The molecule has 23 heavy (non-hydrogen) atoms. The van der Waals surface area contributed by atoms with Crippen molar-refractivity contribution in [2.75, 3.05) is 26.2 Å². The molecule has 2 aliphatic rings. The predicted molar refractivity (Wildman–Crippen MR) is 88.3 cm³/mol. The van der Waals surface area contributed by atoms with Crippen molar-refractivity contribution in [3.8, 4) is 0 Å². The quantitative estimate of drug-likeness (QED) is 0.895. The van der Waals surface area contributed by atoms with Crippen LogP contribution in [-0.4, -0.2) is 54.0 Å². The third-order valence-electron chi connectivity index (χ3n) is 5.05. The zero-order valence-corrected chi connectivity index (χ0v) is 13.5. The SMILES string of the molecule is O=C(NCCc1ccccc1)N1CCC2(CC1)OCCCC2O. The minimum Gasteiger partial charge on any atom is -0.390 e. The van der Waals surface area contributed by atoms with Crippen molar-refractivity contribution in [1.29, 1.82) is 0 Å². The maximum Gasteiger partial charge on any atom is 0.317 e. The van der Waals surface area contributed by atoms with Gasteiger partial charge >= 0.3 is 6.03 Å². The van der Waals surface area contributed by atoms with Crippen LogP contribution in [0, 0.1) is 0 Å². The molecule has 0 radical (unpaired) electrons. The molecule has 5 heteroatoms. The second-order valence-electron chi connectivity index (χ2n) is 6.53. The second-order valence-corrected chi connectivity index (χ2v) is 6.53. The highest BCUT2D eigenvalue weighted by Crippen LogP contribution is 2.35. The molecule has 126 valence electrons. The first-order valence-corrected chi connectivity index (χ1v) is 8.58. The Morgan fingerprint density at radius 1 is 1.30 bits per heavy atom. The Hall–Kier alpha value is -1.59. The summed E-state index contributed by atoms with van der Waals surface area (Å²) in [6.45, 7) is 2.66. The van der Waals surface area contributed by atoms with Crippen molar-refractivity contribution in [3.05, 3.63) is 35.9 Å². The highest BCUT2D eigenvalue weighted by Gasteiger charge is 2.44. The van der Waals surface area contributed by atoms with Crippen molar-refractivity contribution >= 4 is 6.03 Å². The van der Waals surface area contributed by atoms with Crippen molar-refractivity contribution in [3.63, 3.8) is 0 Å². The number of ether oxygens (including phenoxy) is 1. The molecular weight excluding hydrogens is 292 g/mol. The maximum atomic E-state index is 12.3. The predicted octanol–water partition coefficient (Wildman–Crippen LogP) is 1.94. The fourth-order valence-corrected chi connectivity index (χ4v) is 3.55. The molecule has 0 aliphatic carbocycles.